The first kappa shape index (κ1) is 64.0. The molecule has 384 valence electrons. The molecule has 0 spiro atoms. The van der Waals surface area contributed by atoms with Crippen LogP contribution in [0.3, 0.4) is 0 Å². The highest BCUT2D eigenvalue weighted by Gasteiger charge is 2.17. The molecule has 0 rings (SSSR count). The minimum atomic E-state index is -0.574. The van der Waals surface area contributed by atoms with Crippen LogP contribution in [0.25, 0.3) is 0 Å². The number of unbranched alkanes of at least 4 members (excludes halogenated alkanes) is 16. The van der Waals surface area contributed by atoms with E-state index in [9.17, 15) is 9.59 Å². The Hall–Kier alpha value is -3.96. The first-order valence-electron chi connectivity index (χ1n) is 27.7. The summed E-state index contributed by atoms with van der Waals surface area (Å²) >= 11 is 0. The smallest absolute Gasteiger partial charge is 0.306 e. The molecule has 0 fully saturated rings. The Morgan fingerprint density at radius 2 is 0.618 bits per heavy atom. The lowest BCUT2D eigenvalue weighted by molar-refractivity contribution is -0.163. The van der Waals surface area contributed by atoms with Crippen molar-refractivity contribution in [3.8, 4) is 0 Å². The van der Waals surface area contributed by atoms with Crippen LogP contribution in [0.2, 0.25) is 0 Å². The molecule has 0 radical (unpaired) electrons. The largest absolute Gasteiger partial charge is 0.462 e. The van der Waals surface area contributed by atoms with Crippen LogP contribution >= 0.6 is 0 Å². The summed E-state index contributed by atoms with van der Waals surface area (Å²) in [6.45, 7) is 7.41. The minimum Gasteiger partial charge on any atom is -0.462 e. The van der Waals surface area contributed by atoms with Gasteiger partial charge in [0.1, 0.15) is 6.61 Å². The quantitative estimate of drug-likeness (QED) is 0.0345. The first-order valence-corrected chi connectivity index (χ1v) is 27.7. The van der Waals surface area contributed by atoms with E-state index in [2.05, 4.69) is 154 Å². The van der Waals surface area contributed by atoms with Crippen LogP contribution in [0, 0.1) is 0 Å². The summed E-state index contributed by atoms with van der Waals surface area (Å²) in [7, 11) is 0. The number of rotatable bonds is 49. The monoisotopic (exact) mass is 939 g/mol. The molecule has 68 heavy (non-hydrogen) atoms. The normalized spacial score (nSPS) is 13.3. The van der Waals surface area contributed by atoms with E-state index in [0.717, 1.165) is 135 Å². The standard InChI is InChI=1S/C63H102O5/c1-4-7-10-13-16-19-22-25-28-30-32-33-36-38-41-44-47-50-53-56-62(64)67-60-61(68-63(65)57-54-51-48-45-42-39-35-27-24-21-18-15-12-9-6-3)59-66-58-55-52-49-46-43-40-37-34-31-29-26-23-20-17-14-11-8-5-2/h7-12,16-21,25-29,32-33,35,38,41,61H,4-6,13-15,22-24,30-31,34,36-37,39-40,42-60H2,1-3H3/b10-7-,11-8-,12-9-,19-16-,20-17-,21-18-,28-25-,29-26-,33-32-,35-27-,41-38-. The van der Waals surface area contributed by atoms with Gasteiger partial charge in [-0.05, 0) is 128 Å². The van der Waals surface area contributed by atoms with Gasteiger partial charge in [0.15, 0.2) is 6.10 Å². The van der Waals surface area contributed by atoms with E-state index in [1.54, 1.807) is 0 Å². The van der Waals surface area contributed by atoms with Gasteiger partial charge in [0, 0.05) is 19.4 Å². The summed E-state index contributed by atoms with van der Waals surface area (Å²) in [5.41, 5.74) is 0. The molecule has 1 atom stereocenters. The highest BCUT2D eigenvalue weighted by Crippen LogP contribution is 2.13. The predicted molar refractivity (Wildman–Crippen MR) is 297 cm³/mol. The molecule has 0 amide bonds. The van der Waals surface area contributed by atoms with Crippen molar-refractivity contribution >= 4 is 11.9 Å². The summed E-state index contributed by atoms with van der Waals surface area (Å²) in [6, 6.07) is 0. The number of carbonyl (C=O) groups excluding carboxylic acids is 2. The summed E-state index contributed by atoms with van der Waals surface area (Å²) in [5.74, 6) is -0.465. The van der Waals surface area contributed by atoms with Crippen LogP contribution in [-0.4, -0.2) is 37.9 Å². The van der Waals surface area contributed by atoms with E-state index in [4.69, 9.17) is 14.2 Å². The molecule has 0 N–H and O–H groups in total. The van der Waals surface area contributed by atoms with E-state index in [-0.39, 0.29) is 25.2 Å². The fourth-order valence-electron chi connectivity index (χ4n) is 7.15. The second-order valence-corrected chi connectivity index (χ2v) is 17.7. The molecule has 0 aliphatic rings. The van der Waals surface area contributed by atoms with Gasteiger partial charge in [0.2, 0.25) is 0 Å². The lowest BCUT2D eigenvalue weighted by Crippen LogP contribution is -2.30. The Balaban J connectivity index is 4.40. The molecule has 0 saturated carbocycles. The van der Waals surface area contributed by atoms with Crippen molar-refractivity contribution in [3.63, 3.8) is 0 Å². The van der Waals surface area contributed by atoms with Crippen LogP contribution < -0.4 is 0 Å². The molecule has 0 aliphatic heterocycles. The van der Waals surface area contributed by atoms with Gasteiger partial charge in [-0.3, -0.25) is 9.59 Å². The van der Waals surface area contributed by atoms with Crippen LogP contribution in [0.1, 0.15) is 226 Å². The maximum Gasteiger partial charge on any atom is 0.306 e. The molecular formula is C63H102O5. The maximum absolute atomic E-state index is 12.8. The fourth-order valence-corrected chi connectivity index (χ4v) is 7.15. The van der Waals surface area contributed by atoms with Crippen molar-refractivity contribution < 1.29 is 23.8 Å². The molecule has 0 saturated heterocycles. The number of esters is 2. The minimum absolute atomic E-state index is 0.0492. The highest BCUT2D eigenvalue weighted by molar-refractivity contribution is 5.70. The Labute approximate surface area is 419 Å². The zero-order valence-corrected chi connectivity index (χ0v) is 44.1. The van der Waals surface area contributed by atoms with E-state index >= 15 is 0 Å². The summed E-state index contributed by atoms with van der Waals surface area (Å²) in [6.07, 6.45) is 81.8. The Morgan fingerprint density at radius 3 is 1.00 bits per heavy atom. The SMILES string of the molecule is CC/C=C\C/C=C\C/C=C\C/C=C\C/C=C\CCCCCC(=O)OCC(COCCCCCCCCCC/C=C\C/C=C\C/C=C\CC)OC(=O)CCCCCCC/C=C\C/C=C\C/C=C\CC. The molecule has 0 aromatic carbocycles. The van der Waals surface area contributed by atoms with Gasteiger partial charge >= 0.3 is 11.9 Å². The van der Waals surface area contributed by atoms with Gasteiger partial charge in [-0.2, -0.15) is 0 Å². The van der Waals surface area contributed by atoms with Crippen molar-refractivity contribution in [3.05, 3.63) is 134 Å². The molecular weight excluding hydrogens is 837 g/mol. The Kier molecular flexibility index (Phi) is 54.0. The molecule has 0 aromatic rings. The number of ether oxygens (including phenoxy) is 3. The second kappa shape index (κ2) is 57.4. The van der Waals surface area contributed by atoms with Crippen LogP contribution in [0.4, 0.5) is 0 Å². The van der Waals surface area contributed by atoms with Crippen molar-refractivity contribution in [2.45, 2.75) is 232 Å². The molecule has 0 aliphatic carbocycles. The Morgan fingerprint density at radius 1 is 0.324 bits per heavy atom. The summed E-state index contributed by atoms with van der Waals surface area (Å²) in [5, 5.41) is 0. The zero-order valence-electron chi connectivity index (χ0n) is 44.1. The van der Waals surface area contributed by atoms with Gasteiger partial charge in [-0.25, -0.2) is 0 Å². The van der Waals surface area contributed by atoms with Crippen LogP contribution in [0.5, 0.6) is 0 Å². The average molecular weight is 940 g/mol. The van der Waals surface area contributed by atoms with Gasteiger partial charge < -0.3 is 14.2 Å². The van der Waals surface area contributed by atoms with Gasteiger partial charge in [0.05, 0.1) is 6.61 Å². The summed E-state index contributed by atoms with van der Waals surface area (Å²) in [4.78, 5) is 25.5. The number of carbonyl (C=O) groups is 2. The van der Waals surface area contributed by atoms with E-state index in [1.165, 1.54) is 57.8 Å². The fraction of sp³-hybridized carbons (Fsp3) is 0.619. The third-order valence-electron chi connectivity index (χ3n) is 11.2. The Bertz CT molecular complexity index is 1430. The summed E-state index contributed by atoms with van der Waals surface area (Å²) < 4.78 is 17.4. The molecule has 0 bridgehead atoms. The lowest BCUT2D eigenvalue weighted by Gasteiger charge is -2.18. The molecule has 0 heterocycles. The van der Waals surface area contributed by atoms with Crippen LogP contribution in [-0.2, 0) is 23.8 Å². The molecule has 0 aromatic heterocycles. The van der Waals surface area contributed by atoms with Crippen LogP contribution in [0.15, 0.2) is 134 Å². The third kappa shape index (κ3) is 54.6. The maximum atomic E-state index is 12.8. The molecule has 5 nitrogen and oxygen atoms in total. The third-order valence-corrected chi connectivity index (χ3v) is 11.2. The predicted octanol–water partition coefficient (Wildman–Crippen LogP) is 19.1. The number of hydrogen-bond donors (Lipinski definition) is 0. The van der Waals surface area contributed by atoms with E-state index in [1.807, 2.05) is 0 Å². The first-order chi connectivity index (χ1) is 33.6. The van der Waals surface area contributed by atoms with Gasteiger partial charge in [0.25, 0.3) is 0 Å². The van der Waals surface area contributed by atoms with E-state index in [0.29, 0.717) is 19.4 Å². The zero-order chi connectivity index (χ0) is 49.2. The second-order valence-electron chi connectivity index (χ2n) is 17.7. The van der Waals surface area contributed by atoms with Crippen molar-refractivity contribution in [1.82, 2.24) is 0 Å². The van der Waals surface area contributed by atoms with Gasteiger partial charge in [-0.15, -0.1) is 0 Å². The van der Waals surface area contributed by atoms with Crippen molar-refractivity contribution in [2.75, 3.05) is 19.8 Å². The highest BCUT2D eigenvalue weighted by atomic mass is 16.6. The number of allylic oxidation sites excluding steroid dienone is 22. The molecule has 5 heteroatoms. The lowest BCUT2D eigenvalue weighted by atomic mass is 10.1. The van der Waals surface area contributed by atoms with Gasteiger partial charge in [-0.1, -0.05) is 219 Å². The number of hydrogen-bond acceptors (Lipinski definition) is 5. The van der Waals surface area contributed by atoms with E-state index < -0.39 is 6.10 Å². The van der Waals surface area contributed by atoms with Crippen molar-refractivity contribution in [2.24, 2.45) is 0 Å². The van der Waals surface area contributed by atoms with Crippen molar-refractivity contribution in [1.29, 1.82) is 0 Å². The average Bonchev–Trinajstić information content (AvgIpc) is 3.34. The topological polar surface area (TPSA) is 61.8 Å². The molecule has 1 unspecified atom stereocenters.